The molecule has 2 aromatic carbocycles. The molecule has 0 radical (unpaired) electrons. The lowest BCUT2D eigenvalue weighted by molar-refractivity contribution is -0.116. The Balaban J connectivity index is 1.72. The minimum Gasteiger partial charge on any atom is -0.325 e. The van der Waals surface area contributed by atoms with Crippen LogP contribution < -0.4 is 10.9 Å². The molecule has 0 aliphatic rings. The molecule has 0 saturated carbocycles. The molecule has 0 saturated heterocycles. The van der Waals surface area contributed by atoms with Crippen LogP contribution in [0.25, 0.3) is 17.2 Å². The van der Waals surface area contributed by atoms with E-state index in [0.717, 1.165) is 11.1 Å². The summed E-state index contributed by atoms with van der Waals surface area (Å²) in [6.07, 6.45) is 0. The molecule has 0 bridgehead atoms. The number of nitrogens with zero attached hydrogens (tertiary/aromatic N) is 4. The van der Waals surface area contributed by atoms with E-state index in [0.29, 0.717) is 17.2 Å². The number of halogens is 1. The van der Waals surface area contributed by atoms with Crippen molar-refractivity contribution in [2.24, 2.45) is 0 Å². The predicted molar refractivity (Wildman–Crippen MR) is 107 cm³/mol. The van der Waals surface area contributed by atoms with Gasteiger partial charge in [-0.1, -0.05) is 24.3 Å². The first-order valence-corrected chi connectivity index (χ1v) is 9.01. The smallest absolute Gasteiger partial charge is 0.275 e. The third kappa shape index (κ3) is 3.64. The molecule has 8 heteroatoms. The summed E-state index contributed by atoms with van der Waals surface area (Å²) < 4.78 is 15.9. The number of rotatable bonds is 4. The first-order chi connectivity index (χ1) is 13.9. The maximum atomic E-state index is 13.0. The number of amides is 1. The van der Waals surface area contributed by atoms with Crippen LogP contribution in [0.5, 0.6) is 0 Å². The molecule has 4 aromatic rings. The van der Waals surface area contributed by atoms with E-state index in [1.807, 2.05) is 31.2 Å². The highest BCUT2D eigenvalue weighted by Crippen LogP contribution is 2.20. The van der Waals surface area contributed by atoms with Gasteiger partial charge >= 0.3 is 0 Å². The molecule has 29 heavy (non-hydrogen) atoms. The van der Waals surface area contributed by atoms with Crippen LogP contribution >= 0.6 is 0 Å². The fourth-order valence-corrected chi connectivity index (χ4v) is 3.11. The van der Waals surface area contributed by atoms with Gasteiger partial charge in [0.25, 0.3) is 5.56 Å². The van der Waals surface area contributed by atoms with Crippen molar-refractivity contribution < 1.29 is 9.18 Å². The summed E-state index contributed by atoms with van der Waals surface area (Å²) in [5.41, 5.74) is 2.54. The standard InChI is InChI=1S/C21H18FN5O2/c1-13-5-3-4-6-17(13)20-24-21-26(14(2)11-19(29)27(21)25-20)12-18(28)23-16-9-7-15(22)8-10-16/h3-11H,12H2,1-2H3,(H,23,28). The highest BCUT2D eigenvalue weighted by atomic mass is 19.1. The summed E-state index contributed by atoms with van der Waals surface area (Å²) in [6, 6.07) is 14.5. The van der Waals surface area contributed by atoms with Gasteiger partial charge in [-0.05, 0) is 43.7 Å². The first-order valence-electron chi connectivity index (χ1n) is 9.01. The Bertz CT molecular complexity index is 1270. The third-order valence-corrected chi connectivity index (χ3v) is 4.61. The minimum atomic E-state index is -0.381. The van der Waals surface area contributed by atoms with Gasteiger partial charge in [0.2, 0.25) is 11.7 Å². The van der Waals surface area contributed by atoms with Gasteiger partial charge in [-0.3, -0.25) is 9.59 Å². The molecule has 0 fully saturated rings. The van der Waals surface area contributed by atoms with Crippen molar-refractivity contribution >= 4 is 17.4 Å². The zero-order valence-electron chi connectivity index (χ0n) is 15.9. The monoisotopic (exact) mass is 391 g/mol. The number of benzene rings is 2. The van der Waals surface area contributed by atoms with Crippen LogP contribution in [0.2, 0.25) is 0 Å². The molecule has 2 heterocycles. The summed E-state index contributed by atoms with van der Waals surface area (Å²) in [6.45, 7) is 3.60. The van der Waals surface area contributed by atoms with Gasteiger partial charge in [-0.15, -0.1) is 5.10 Å². The second kappa shape index (κ2) is 7.31. The van der Waals surface area contributed by atoms with Crippen LogP contribution in [0.3, 0.4) is 0 Å². The van der Waals surface area contributed by atoms with E-state index in [9.17, 15) is 14.0 Å². The number of carbonyl (C=O) groups excluding carboxylic acids is 1. The maximum Gasteiger partial charge on any atom is 0.275 e. The molecule has 0 spiro atoms. The average molecular weight is 391 g/mol. The number of aryl methyl sites for hydroxylation is 2. The van der Waals surface area contributed by atoms with Crippen LogP contribution in [-0.2, 0) is 11.3 Å². The number of hydrogen-bond acceptors (Lipinski definition) is 4. The van der Waals surface area contributed by atoms with Gasteiger partial charge in [0.15, 0.2) is 5.82 Å². The Labute approximate surface area is 165 Å². The molecular weight excluding hydrogens is 373 g/mol. The second-order valence-corrected chi connectivity index (χ2v) is 6.73. The summed E-state index contributed by atoms with van der Waals surface area (Å²) in [5.74, 6) is -0.0140. The largest absolute Gasteiger partial charge is 0.325 e. The summed E-state index contributed by atoms with van der Waals surface area (Å²) in [5, 5.41) is 7.05. The number of nitrogens with one attached hydrogen (secondary N) is 1. The fraction of sp³-hybridized carbons (Fsp3) is 0.143. The molecule has 0 unspecified atom stereocenters. The Morgan fingerprint density at radius 3 is 2.55 bits per heavy atom. The normalized spacial score (nSPS) is 11.0. The Morgan fingerprint density at radius 1 is 1.10 bits per heavy atom. The highest BCUT2D eigenvalue weighted by Gasteiger charge is 2.16. The molecule has 2 aromatic heterocycles. The molecule has 146 valence electrons. The van der Waals surface area contributed by atoms with Crippen molar-refractivity contribution in [3.8, 4) is 11.4 Å². The number of aromatic nitrogens is 4. The fourth-order valence-electron chi connectivity index (χ4n) is 3.11. The van der Waals surface area contributed by atoms with Crippen LogP contribution in [0.15, 0.2) is 59.4 Å². The number of anilines is 1. The second-order valence-electron chi connectivity index (χ2n) is 6.73. The van der Waals surface area contributed by atoms with Crippen molar-refractivity contribution in [3.63, 3.8) is 0 Å². The van der Waals surface area contributed by atoms with Crippen LogP contribution in [0, 0.1) is 19.7 Å². The zero-order chi connectivity index (χ0) is 20.5. The van der Waals surface area contributed by atoms with E-state index in [1.165, 1.54) is 34.8 Å². The SMILES string of the molecule is Cc1ccccc1-c1nc2n(CC(=O)Nc3ccc(F)cc3)c(C)cc(=O)n2n1. The van der Waals surface area contributed by atoms with E-state index in [1.54, 1.807) is 11.5 Å². The van der Waals surface area contributed by atoms with E-state index in [-0.39, 0.29) is 29.6 Å². The Hall–Kier alpha value is -3.81. The van der Waals surface area contributed by atoms with Gasteiger partial charge in [-0.2, -0.15) is 9.50 Å². The van der Waals surface area contributed by atoms with Crippen molar-refractivity contribution in [2.75, 3.05) is 5.32 Å². The lowest BCUT2D eigenvalue weighted by Gasteiger charge is -2.11. The minimum absolute atomic E-state index is 0.0705. The van der Waals surface area contributed by atoms with Crippen LogP contribution in [0.1, 0.15) is 11.3 Å². The van der Waals surface area contributed by atoms with Crippen molar-refractivity contribution in [1.29, 1.82) is 0 Å². The van der Waals surface area contributed by atoms with E-state index < -0.39 is 0 Å². The summed E-state index contributed by atoms with van der Waals surface area (Å²) in [4.78, 5) is 29.4. The zero-order valence-corrected chi connectivity index (χ0v) is 15.9. The number of carbonyl (C=O) groups is 1. The Morgan fingerprint density at radius 2 is 1.83 bits per heavy atom. The quantitative estimate of drug-likeness (QED) is 0.580. The van der Waals surface area contributed by atoms with Gasteiger partial charge in [0.1, 0.15) is 12.4 Å². The van der Waals surface area contributed by atoms with E-state index in [4.69, 9.17) is 0 Å². The van der Waals surface area contributed by atoms with Crippen molar-refractivity contribution in [3.05, 3.63) is 82.0 Å². The topological polar surface area (TPSA) is 81.3 Å². The van der Waals surface area contributed by atoms with Crippen molar-refractivity contribution in [1.82, 2.24) is 19.2 Å². The summed E-state index contributed by atoms with van der Waals surface area (Å²) >= 11 is 0. The summed E-state index contributed by atoms with van der Waals surface area (Å²) in [7, 11) is 0. The highest BCUT2D eigenvalue weighted by molar-refractivity contribution is 5.90. The lowest BCUT2D eigenvalue weighted by atomic mass is 10.1. The Kier molecular flexibility index (Phi) is 4.67. The number of fused-ring (bicyclic) bond motifs is 1. The van der Waals surface area contributed by atoms with Gasteiger partial charge in [0.05, 0.1) is 0 Å². The van der Waals surface area contributed by atoms with Gasteiger partial charge in [-0.25, -0.2) is 4.39 Å². The van der Waals surface area contributed by atoms with Crippen LogP contribution in [0.4, 0.5) is 10.1 Å². The van der Waals surface area contributed by atoms with Crippen molar-refractivity contribution in [2.45, 2.75) is 20.4 Å². The lowest BCUT2D eigenvalue weighted by Crippen LogP contribution is -2.25. The third-order valence-electron chi connectivity index (χ3n) is 4.61. The van der Waals surface area contributed by atoms with Gasteiger partial charge in [0, 0.05) is 23.0 Å². The van der Waals surface area contributed by atoms with Crippen LogP contribution in [-0.4, -0.2) is 25.1 Å². The van der Waals surface area contributed by atoms with E-state index in [2.05, 4.69) is 15.4 Å². The molecular formula is C21H18FN5O2. The molecule has 0 aliphatic heterocycles. The predicted octanol–water partition coefficient (Wildman–Crippen LogP) is 2.95. The molecule has 1 N–H and O–H groups in total. The first kappa shape index (κ1) is 18.5. The molecule has 4 rings (SSSR count). The van der Waals surface area contributed by atoms with Gasteiger partial charge < -0.3 is 9.88 Å². The van der Waals surface area contributed by atoms with E-state index >= 15 is 0 Å². The maximum absolute atomic E-state index is 13.0. The molecule has 0 atom stereocenters. The molecule has 7 nitrogen and oxygen atoms in total. The molecule has 0 aliphatic carbocycles. The molecule has 1 amide bonds. The number of hydrogen-bond donors (Lipinski definition) is 1. The average Bonchev–Trinajstić information content (AvgIpc) is 3.13.